The lowest BCUT2D eigenvalue weighted by Gasteiger charge is -2.26. The topological polar surface area (TPSA) is 92.8 Å². The SMILES string of the molecule is Cc1ccc(NC(=O)COC(=O)[C@@H](CC(C)C)N2C(=O)[C@H]3CC=CC[C@@H]3C2=O)c(C)c1. The predicted octanol–water partition coefficient (Wildman–Crippen LogP) is 3.15. The van der Waals surface area contributed by atoms with Crippen molar-refractivity contribution in [1.29, 1.82) is 0 Å². The van der Waals surface area contributed by atoms with Crippen LogP contribution in [0.2, 0.25) is 0 Å². The average Bonchev–Trinajstić information content (AvgIpc) is 2.97. The van der Waals surface area contributed by atoms with Crippen LogP contribution in [0.15, 0.2) is 30.4 Å². The molecule has 1 aliphatic heterocycles. The highest BCUT2D eigenvalue weighted by Gasteiger charge is 2.51. The number of carbonyl (C=O) groups excluding carboxylic acids is 4. The van der Waals surface area contributed by atoms with Gasteiger partial charge in [-0.1, -0.05) is 43.7 Å². The maximum atomic E-state index is 12.9. The molecule has 0 spiro atoms. The molecule has 0 unspecified atom stereocenters. The molecule has 0 radical (unpaired) electrons. The van der Waals surface area contributed by atoms with E-state index in [0.717, 1.165) is 16.0 Å². The molecule has 3 amide bonds. The number of likely N-dealkylation sites (tertiary alicyclic amines) is 1. The summed E-state index contributed by atoms with van der Waals surface area (Å²) in [7, 11) is 0. The van der Waals surface area contributed by atoms with Crippen molar-refractivity contribution in [3.05, 3.63) is 41.5 Å². The van der Waals surface area contributed by atoms with Gasteiger partial charge in [-0.15, -0.1) is 0 Å². The molecule has 1 saturated heterocycles. The van der Waals surface area contributed by atoms with Gasteiger partial charge in [0.05, 0.1) is 11.8 Å². The number of amides is 3. The average molecular weight is 427 g/mol. The Kier molecular flexibility index (Phi) is 6.93. The van der Waals surface area contributed by atoms with Crippen LogP contribution in [-0.2, 0) is 23.9 Å². The van der Waals surface area contributed by atoms with E-state index in [4.69, 9.17) is 4.74 Å². The molecule has 1 aromatic rings. The smallest absolute Gasteiger partial charge is 0.329 e. The summed E-state index contributed by atoms with van der Waals surface area (Å²) >= 11 is 0. The van der Waals surface area contributed by atoms with E-state index in [-0.39, 0.29) is 17.7 Å². The maximum Gasteiger partial charge on any atom is 0.329 e. The normalized spacial score (nSPS) is 21.3. The monoisotopic (exact) mass is 426 g/mol. The van der Waals surface area contributed by atoms with Gasteiger partial charge < -0.3 is 10.1 Å². The van der Waals surface area contributed by atoms with Gasteiger partial charge in [0.1, 0.15) is 6.04 Å². The summed E-state index contributed by atoms with van der Waals surface area (Å²) in [5.41, 5.74) is 2.63. The molecule has 7 nitrogen and oxygen atoms in total. The number of hydrogen-bond donors (Lipinski definition) is 1. The van der Waals surface area contributed by atoms with Crippen molar-refractivity contribution in [3.63, 3.8) is 0 Å². The van der Waals surface area contributed by atoms with E-state index in [1.807, 2.05) is 52.0 Å². The molecule has 1 fully saturated rings. The molecule has 1 heterocycles. The third kappa shape index (κ3) is 5.03. The van der Waals surface area contributed by atoms with Crippen molar-refractivity contribution in [3.8, 4) is 0 Å². The second-order valence-electron chi connectivity index (χ2n) is 8.82. The molecule has 1 aliphatic carbocycles. The summed E-state index contributed by atoms with van der Waals surface area (Å²) in [5.74, 6) is -2.59. The number of benzene rings is 1. The van der Waals surface area contributed by atoms with Gasteiger partial charge >= 0.3 is 5.97 Å². The molecule has 7 heteroatoms. The Morgan fingerprint density at radius 2 is 1.71 bits per heavy atom. The van der Waals surface area contributed by atoms with Gasteiger partial charge in [-0.2, -0.15) is 0 Å². The van der Waals surface area contributed by atoms with Crippen LogP contribution in [0.3, 0.4) is 0 Å². The zero-order chi connectivity index (χ0) is 22.7. The van der Waals surface area contributed by atoms with Crippen LogP contribution in [0.4, 0.5) is 5.69 Å². The lowest BCUT2D eigenvalue weighted by atomic mass is 9.85. The summed E-state index contributed by atoms with van der Waals surface area (Å²) in [5, 5.41) is 2.73. The number of esters is 1. The second-order valence-corrected chi connectivity index (χ2v) is 8.82. The highest BCUT2D eigenvalue weighted by molar-refractivity contribution is 6.08. The Morgan fingerprint density at radius 3 is 2.26 bits per heavy atom. The number of rotatable bonds is 7. The van der Waals surface area contributed by atoms with Crippen molar-refractivity contribution < 1.29 is 23.9 Å². The van der Waals surface area contributed by atoms with Crippen molar-refractivity contribution in [2.45, 2.75) is 53.0 Å². The number of nitrogens with zero attached hydrogens (tertiary/aromatic N) is 1. The molecular formula is C24H30N2O5. The van der Waals surface area contributed by atoms with Crippen LogP contribution in [-0.4, -0.2) is 41.2 Å². The molecule has 0 bridgehead atoms. The molecule has 166 valence electrons. The quantitative estimate of drug-likeness (QED) is 0.411. The van der Waals surface area contributed by atoms with E-state index >= 15 is 0 Å². The van der Waals surface area contributed by atoms with Gasteiger partial charge in [0.2, 0.25) is 11.8 Å². The van der Waals surface area contributed by atoms with E-state index < -0.39 is 36.4 Å². The van der Waals surface area contributed by atoms with E-state index in [9.17, 15) is 19.2 Å². The number of fused-ring (bicyclic) bond motifs is 1. The summed E-state index contributed by atoms with van der Waals surface area (Å²) < 4.78 is 5.25. The van der Waals surface area contributed by atoms with Crippen molar-refractivity contribution >= 4 is 29.4 Å². The lowest BCUT2D eigenvalue weighted by Crippen LogP contribution is -2.47. The predicted molar refractivity (Wildman–Crippen MR) is 116 cm³/mol. The number of allylic oxidation sites excluding steroid dienone is 2. The minimum atomic E-state index is -1.01. The number of imide groups is 1. The van der Waals surface area contributed by atoms with Gasteiger partial charge in [0.15, 0.2) is 6.61 Å². The first-order valence-corrected chi connectivity index (χ1v) is 10.7. The molecular weight excluding hydrogens is 396 g/mol. The van der Waals surface area contributed by atoms with E-state index in [0.29, 0.717) is 24.9 Å². The largest absolute Gasteiger partial charge is 0.454 e. The maximum absolute atomic E-state index is 12.9. The van der Waals surface area contributed by atoms with E-state index in [2.05, 4.69) is 5.32 Å². The molecule has 31 heavy (non-hydrogen) atoms. The number of aryl methyl sites for hydroxylation is 2. The Bertz CT molecular complexity index is 895. The summed E-state index contributed by atoms with van der Waals surface area (Å²) in [6.45, 7) is 7.18. The van der Waals surface area contributed by atoms with Crippen LogP contribution in [0.25, 0.3) is 0 Å². The van der Waals surface area contributed by atoms with Gasteiger partial charge in [-0.25, -0.2) is 4.79 Å². The minimum Gasteiger partial charge on any atom is -0.454 e. The number of hydrogen-bond acceptors (Lipinski definition) is 5. The van der Waals surface area contributed by atoms with Crippen molar-refractivity contribution in [2.75, 3.05) is 11.9 Å². The molecule has 1 aromatic carbocycles. The summed E-state index contributed by atoms with van der Waals surface area (Å²) in [4.78, 5) is 52.1. The fourth-order valence-corrected chi connectivity index (χ4v) is 4.26. The highest BCUT2D eigenvalue weighted by atomic mass is 16.5. The molecule has 0 saturated carbocycles. The first-order chi connectivity index (χ1) is 14.7. The summed E-state index contributed by atoms with van der Waals surface area (Å²) in [6.07, 6.45) is 5.12. The molecule has 1 N–H and O–H groups in total. The number of ether oxygens (including phenoxy) is 1. The molecule has 2 aliphatic rings. The third-order valence-electron chi connectivity index (χ3n) is 5.82. The van der Waals surface area contributed by atoms with Gasteiger partial charge in [-0.3, -0.25) is 19.3 Å². The van der Waals surface area contributed by atoms with Gasteiger partial charge in [0, 0.05) is 5.69 Å². The molecule has 3 atom stereocenters. The number of nitrogens with one attached hydrogen (secondary N) is 1. The zero-order valence-corrected chi connectivity index (χ0v) is 18.5. The molecule has 3 rings (SSSR count). The molecule has 0 aromatic heterocycles. The fraction of sp³-hybridized carbons (Fsp3) is 0.500. The number of anilines is 1. The first kappa shape index (κ1) is 22.7. The Morgan fingerprint density at radius 1 is 1.10 bits per heavy atom. The standard InChI is InChI=1S/C24H30N2O5/c1-14(2)11-20(26-22(28)17-7-5-6-8-18(17)23(26)29)24(30)31-13-21(27)25-19-10-9-15(3)12-16(19)4/h5-6,9-10,12,14,17-18,20H,7-8,11,13H2,1-4H3,(H,25,27)/t17-,18-,20+/m0/s1. The zero-order valence-electron chi connectivity index (χ0n) is 18.5. The van der Waals surface area contributed by atoms with Crippen molar-refractivity contribution in [2.24, 2.45) is 17.8 Å². The fourth-order valence-electron chi connectivity index (χ4n) is 4.26. The Hall–Kier alpha value is -2.96. The lowest BCUT2D eigenvalue weighted by molar-refractivity contribution is -0.160. The highest BCUT2D eigenvalue weighted by Crippen LogP contribution is 2.37. The van der Waals surface area contributed by atoms with E-state index in [1.54, 1.807) is 6.07 Å². The third-order valence-corrected chi connectivity index (χ3v) is 5.82. The van der Waals surface area contributed by atoms with Gasteiger partial charge in [0.25, 0.3) is 5.91 Å². The van der Waals surface area contributed by atoms with Crippen LogP contribution in [0.5, 0.6) is 0 Å². The second kappa shape index (κ2) is 9.45. The van der Waals surface area contributed by atoms with Gasteiger partial charge in [-0.05, 0) is 50.7 Å². The van der Waals surface area contributed by atoms with Crippen LogP contribution in [0, 0.1) is 31.6 Å². The summed E-state index contributed by atoms with van der Waals surface area (Å²) in [6, 6.07) is 4.61. The van der Waals surface area contributed by atoms with Crippen molar-refractivity contribution in [1.82, 2.24) is 4.90 Å². The minimum absolute atomic E-state index is 0.0583. The van der Waals surface area contributed by atoms with Crippen LogP contribution < -0.4 is 5.32 Å². The van der Waals surface area contributed by atoms with Crippen LogP contribution >= 0.6 is 0 Å². The Balaban J connectivity index is 1.67. The van der Waals surface area contributed by atoms with Crippen LogP contribution in [0.1, 0.15) is 44.2 Å². The van der Waals surface area contributed by atoms with E-state index in [1.165, 1.54) is 0 Å². The number of carbonyl (C=O) groups is 4. The first-order valence-electron chi connectivity index (χ1n) is 10.7. The Labute approximate surface area is 182 Å².